The maximum absolute atomic E-state index is 7.18. The van der Waals surface area contributed by atoms with Crippen molar-refractivity contribution in [3.8, 4) is 0 Å². The van der Waals surface area contributed by atoms with Gasteiger partial charge in [-0.3, -0.25) is 5.41 Å². The third-order valence-corrected chi connectivity index (χ3v) is 3.34. The monoisotopic (exact) mass is 227 g/mol. The summed E-state index contributed by atoms with van der Waals surface area (Å²) in [6.45, 7) is 0. The average molecular weight is 227 g/mol. The van der Waals surface area contributed by atoms with Crippen molar-refractivity contribution in [1.82, 2.24) is 9.97 Å². The van der Waals surface area contributed by atoms with Crippen molar-refractivity contribution in [2.45, 2.75) is 4.34 Å². The highest BCUT2D eigenvalue weighted by Crippen LogP contribution is 2.28. The van der Waals surface area contributed by atoms with E-state index in [1.54, 1.807) is 6.20 Å². The molecule has 0 aliphatic heterocycles. The van der Waals surface area contributed by atoms with Gasteiger partial charge >= 0.3 is 0 Å². The van der Waals surface area contributed by atoms with Crippen molar-refractivity contribution >= 4 is 50.5 Å². The van der Waals surface area contributed by atoms with Gasteiger partial charge in [0.1, 0.15) is 14.7 Å². The smallest absolute Gasteiger partial charge is 0.159 e. The van der Waals surface area contributed by atoms with Crippen LogP contribution in [0.5, 0.6) is 0 Å². The highest BCUT2D eigenvalue weighted by atomic mass is 32.2. The number of thiol groups is 1. The Morgan fingerprint density at radius 2 is 2.46 bits per heavy atom. The number of fused-ring (bicyclic) bond motifs is 1. The van der Waals surface area contributed by atoms with Crippen LogP contribution in [0, 0.1) is 5.41 Å². The summed E-state index contributed by atoms with van der Waals surface area (Å²) in [6, 6.07) is 3.76. The van der Waals surface area contributed by atoms with Crippen molar-refractivity contribution in [3.05, 3.63) is 18.3 Å². The van der Waals surface area contributed by atoms with Gasteiger partial charge in [0, 0.05) is 6.20 Å². The number of pyridine rings is 1. The molecule has 3 nitrogen and oxygen atoms in total. The van der Waals surface area contributed by atoms with Crippen LogP contribution in [-0.2, 0) is 0 Å². The minimum Gasteiger partial charge on any atom is -0.288 e. The molecule has 2 rings (SSSR count). The summed E-state index contributed by atoms with van der Waals surface area (Å²) < 4.78 is 1.06. The first-order chi connectivity index (χ1) is 6.25. The quantitative estimate of drug-likeness (QED) is 0.341. The van der Waals surface area contributed by atoms with Gasteiger partial charge in [-0.15, -0.1) is 12.6 Å². The molecule has 13 heavy (non-hydrogen) atoms. The van der Waals surface area contributed by atoms with Gasteiger partial charge in [-0.1, -0.05) is 11.3 Å². The average Bonchev–Trinajstić information content (AvgIpc) is 2.44. The van der Waals surface area contributed by atoms with Crippen molar-refractivity contribution < 1.29 is 0 Å². The normalized spacial score (nSPS) is 10.5. The van der Waals surface area contributed by atoms with E-state index >= 15 is 0 Å². The Hall–Kier alpha value is -0.590. The van der Waals surface area contributed by atoms with Crippen LogP contribution in [0.2, 0.25) is 0 Å². The van der Waals surface area contributed by atoms with E-state index in [1.807, 2.05) is 12.1 Å². The minimum absolute atomic E-state index is 0.249. The number of thiazole rings is 1. The van der Waals surface area contributed by atoms with Gasteiger partial charge in [0.05, 0.1) is 0 Å². The molecule has 0 fully saturated rings. The van der Waals surface area contributed by atoms with E-state index in [0.29, 0.717) is 0 Å². The van der Waals surface area contributed by atoms with E-state index in [9.17, 15) is 0 Å². The van der Waals surface area contributed by atoms with Crippen LogP contribution in [0.4, 0.5) is 0 Å². The van der Waals surface area contributed by atoms with Gasteiger partial charge < -0.3 is 0 Å². The third-order valence-electron chi connectivity index (χ3n) is 1.33. The summed E-state index contributed by atoms with van der Waals surface area (Å²) in [5.41, 5.74) is 0.879. The van der Waals surface area contributed by atoms with Gasteiger partial charge in [0.25, 0.3) is 0 Å². The number of hydrogen-bond donors (Lipinski definition) is 2. The molecule has 0 unspecified atom stereocenters. The van der Waals surface area contributed by atoms with Crippen molar-refractivity contribution in [2.75, 3.05) is 0 Å². The molecular formula is C7H5N3S3. The van der Waals surface area contributed by atoms with Crippen LogP contribution in [0.25, 0.3) is 10.3 Å². The second kappa shape index (κ2) is 3.65. The van der Waals surface area contributed by atoms with Crippen LogP contribution in [0.3, 0.4) is 0 Å². The van der Waals surface area contributed by atoms with E-state index in [4.69, 9.17) is 5.41 Å². The van der Waals surface area contributed by atoms with E-state index < -0.39 is 0 Å². The van der Waals surface area contributed by atoms with E-state index in [-0.39, 0.29) is 4.38 Å². The van der Waals surface area contributed by atoms with Crippen molar-refractivity contribution in [1.29, 1.82) is 5.41 Å². The van der Waals surface area contributed by atoms with Crippen LogP contribution in [0.1, 0.15) is 0 Å². The lowest BCUT2D eigenvalue weighted by Gasteiger charge is -1.86. The summed E-state index contributed by atoms with van der Waals surface area (Å²) in [5, 5.41) is 7.18. The Labute approximate surface area is 88.5 Å². The number of rotatable bonds is 1. The molecule has 0 aromatic carbocycles. The molecule has 0 atom stereocenters. The van der Waals surface area contributed by atoms with Gasteiger partial charge in [0.2, 0.25) is 0 Å². The molecule has 0 aliphatic rings. The molecule has 2 heterocycles. The third kappa shape index (κ3) is 2.01. The molecule has 0 saturated carbocycles. The van der Waals surface area contributed by atoms with Gasteiger partial charge in [-0.05, 0) is 23.9 Å². The molecule has 2 aromatic rings. The Bertz CT molecular complexity index is 418. The standard InChI is InChI=1S/C7H5N3S3/c8-6(11)13-7-10-4-2-1-3-9-5(4)12-7/h1-3H,(H2,8,11). The fourth-order valence-electron chi connectivity index (χ4n) is 0.876. The van der Waals surface area contributed by atoms with Crippen molar-refractivity contribution in [3.63, 3.8) is 0 Å². The SMILES string of the molecule is N=C(S)Sc1nc2cccnc2s1. The number of hydrogen-bond acceptors (Lipinski definition) is 5. The van der Waals surface area contributed by atoms with Crippen LogP contribution < -0.4 is 0 Å². The Morgan fingerprint density at radius 3 is 3.15 bits per heavy atom. The van der Waals surface area contributed by atoms with E-state index in [1.165, 1.54) is 23.1 Å². The lowest BCUT2D eigenvalue weighted by atomic mass is 10.5. The second-order valence-corrected chi connectivity index (χ2v) is 5.20. The van der Waals surface area contributed by atoms with E-state index in [0.717, 1.165) is 14.7 Å². The molecule has 0 aliphatic carbocycles. The molecule has 0 amide bonds. The molecule has 0 radical (unpaired) electrons. The summed E-state index contributed by atoms with van der Waals surface area (Å²) in [5.74, 6) is 0. The minimum atomic E-state index is 0.249. The first kappa shape index (κ1) is 8.98. The maximum atomic E-state index is 7.18. The molecule has 6 heteroatoms. The first-order valence-electron chi connectivity index (χ1n) is 3.42. The van der Waals surface area contributed by atoms with Gasteiger partial charge in [-0.2, -0.15) is 0 Å². The predicted octanol–water partition coefficient (Wildman–Crippen LogP) is 2.65. The van der Waals surface area contributed by atoms with Gasteiger partial charge in [0.15, 0.2) is 4.34 Å². The highest BCUT2D eigenvalue weighted by molar-refractivity contribution is 8.32. The molecule has 0 saturated heterocycles. The zero-order valence-electron chi connectivity index (χ0n) is 6.39. The highest BCUT2D eigenvalue weighted by Gasteiger charge is 2.05. The predicted molar refractivity (Wildman–Crippen MR) is 60.0 cm³/mol. The second-order valence-electron chi connectivity index (χ2n) is 2.21. The van der Waals surface area contributed by atoms with Crippen LogP contribution in [-0.4, -0.2) is 14.3 Å². The van der Waals surface area contributed by atoms with Crippen LogP contribution in [0.15, 0.2) is 22.7 Å². The molecule has 2 aromatic heterocycles. The molecule has 66 valence electrons. The Kier molecular flexibility index (Phi) is 2.52. The summed E-state index contributed by atoms with van der Waals surface area (Å²) in [6.07, 6.45) is 1.74. The Morgan fingerprint density at radius 1 is 1.62 bits per heavy atom. The summed E-state index contributed by atoms with van der Waals surface area (Å²) >= 11 is 6.60. The lowest BCUT2D eigenvalue weighted by Crippen LogP contribution is -1.74. The summed E-state index contributed by atoms with van der Waals surface area (Å²) in [4.78, 5) is 9.34. The summed E-state index contributed by atoms with van der Waals surface area (Å²) in [7, 11) is 0. The zero-order valence-corrected chi connectivity index (χ0v) is 8.92. The molecular weight excluding hydrogens is 222 g/mol. The largest absolute Gasteiger partial charge is 0.288 e. The van der Waals surface area contributed by atoms with Gasteiger partial charge in [-0.25, -0.2) is 9.97 Å². The number of nitrogens with zero attached hydrogens (tertiary/aromatic N) is 2. The Balaban J connectivity index is 2.44. The fourth-order valence-corrected chi connectivity index (χ4v) is 2.93. The molecule has 1 N–H and O–H groups in total. The number of nitrogens with one attached hydrogen (secondary N) is 1. The number of aromatic nitrogens is 2. The molecule has 0 spiro atoms. The van der Waals surface area contributed by atoms with Crippen molar-refractivity contribution in [2.24, 2.45) is 0 Å². The first-order valence-corrected chi connectivity index (χ1v) is 5.50. The van der Waals surface area contributed by atoms with Crippen LogP contribution >= 0.6 is 35.7 Å². The number of thioether (sulfide) groups is 1. The fraction of sp³-hybridized carbons (Fsp3) is 0. The molecule has 0 bridgehead atoms. The zero-order chi connectivity index (χ0) is 9.26. The topological polar surface area (TPSA) is 49.6 Å². The lowest BCUT2D eigenvalue weighted by molar-refractivity contribution is 1.30. The van der Waals surface area contributed by atoms with E-state index in [2.05, 4.69) is 22.6 Å². The maximum Gasteiger partial charge on any atom is 0.159 e.